The van der Waals surface area contributed by atoms with Crippen molar-refractivity contribution < 1.29 is 4.79 Å². The van der Waals surface area contributed by atoms with Gasteiger partial charge in [-0.25, -0.2) is 4.98 Å². The summed E-state index contributed by atoms with van der Waals surface area (Å²) < 4.78 is 0. The number of piperazine rings is 1. The maximum atomic E-state index is 12.5. The van der Waals surface area contributed by atoms with E-state index in [0.29, 0.717) is 5.52 Å². The van der Waals surface area contributed by atoms with Gasteiger partial charge in [-0.2, -0.15) is 0 Å². The van der Waals surface area contributed by atoms with Gasteiger partial charge in [0.05, 0.1) is 5.52 Å². The number of rotatable bonds is 2. The van der Waals surface area contributed by atoms with Gasteiger partial charge >= 0.3 is 0 Å². The van der Waals surface area contributed by atoms with Crippen LogP contribution in [0.5, 0.6) is 0 Å². The number of hydrogen-bond acceptors (Lipinski definition) is 5. The first-order valence-corrected chi connectivity index (χ1v) is 7.30. The molecule has 0 bridgehead atoms. The Hall–Kier alpha value is -2.08. The van der Waals surface area contributed by atoms with Crippen molar-refractivity contribution in [2.45, 2.75) is 13.8 Å². The molecule has 0 radical (unpaired) electrons. The van der Waals surface area contributed by atoms with Crippen molar-refractivity contribution in [2.75, 3.05) is 32.7 Å². The fraction of sp³-hybridized carbons (Fsp3) is 0.467. The van der Waals surface area contributed by atoms with Crippen LogP contribution in [0.2, 0.25) is 0 Å². The molecule has 110 valence electrons. The van der Waals surface area contributed by atoms with Crippen LogP contribution < -0.4 is 0 Å². The summed E-state index contributed by atoms with van der Waals surface area (Å²) in [7, 11) is 0. The minimum atomic E-state index is -0.123. The third kappa shape index (κ3) is 2.85. The number of nitrogens with zero attached hydrogens (tertiary/aromatic N) is 5. The first kappa shape index (κ1) is 13.9. The van der Waals surface area contributed by atoms with Crippen LogP contribution in [-0.2, 0) is 0 Å². The highest BCUT2D eigenvalue weighted by Crippen LogP contribution is 2.12. The van der Waals surface area contributed by atoms with Gasteiger partial charge in [0.1, 0.15) is 5.52 Å². The molecule has 0 N–H and O–H groups in total. The van der Waals surface area contributed by atoms with Gasteiger partial charge in [0.25, 0.3) is 5.91 Å². The standard InChI is InChI=1S/C15H19N5O/c1-3-19-6-8-20(9-7-19)15(21)14-16-13-10-11(2)4-5-12(13)17-18-14/h4-5,10H,3,6-9H2,1-2H3. The molecule has 1 amide bonds. The molecule has 0 spiro atoms. The third-order valence-electron chi connectivity index (χ3n) is 3.91. The van der Waals surface area contributed by atoms with E-state index in [9.17, 15) is 4.79 Å². The van der Waals surface area contributed by atoms with Gasteiger partial charge in [-0.15, -0.1) is 10.2 Å². The smallest absolute Gasteiger partial charge is 0.293 e. The fourth-order valence-corrected chi connectivity index (χ4v) is 2.54. The van der Waals surface area contributed by atoms with E-state index in [4.69, 9.17) is 0 Å². The van der Waals surface area contributed by atoms with E-state index in [-0.39, 0.29) is 11.7 Å². The van der Waals surface area contributed by atoms with Gasteiger partial charge in [0.15, 0.2) is 0 Å². The van der Waals surface area contributed by atoms with Crippen molar-refractivity contribution >= 4 is 16.9 Å². The summed E-state index contributed by atoms with van der Waals surface area (Å²) >= 11 is 0. The molecule has 1 aromatic heterocycles. The summed E-state index contributed by atoms with van der Waals surface area (Å²) in [6, 6.07) is 5.76. The molecule has 1 aliphatic heterocycles. The molecule has 0 aliphatic carbocycles. The zero-order valence-electron chi connectivity index (χ0n) is 12.4. The number of carbonyl (C=O) groups excluding carboxylic acids is 1. The van der Waals surface area contributed by atoms with E-state index in [1.54, 1.807) is 0 Å². The Balaban J connectivity index is 1.81. The van der Waals surface area contributed by atoms with Gasteiger partial charge < -0.3 is 9.80 Å². The topological polar surface area (TPSA) is 62.2 Å². The maximum Gasteiger partial charge on any atom is 0.293 e. The van der Waals surface area contributed by atoms with Crippen molar-refractivity contribution in [3.63, 3.8) is 0 Å². The van der Waals surface area contributed by atoms with Crippen LogP contribution >= 0.6 is 0 Å². The van der Waals surface area contributed by atoms with Crippen LogP contribution in [0.4, 0.5) is 0 Å². The molecule has 0 saturated carbocycles. The monoisotopic (exact) mass is 285 g/mol. The average molecular weight is 285 g/mol. The lowest BCUT2D eigenvalue weighted by atomic mass is 10.2. The molecule has 0 unspecified atom stereocenters. The molecule has 6 heteroatoms. The van der Waals surface area contributed by atoms with E-state index in [1.807, 2.05) is 30.0 Å². The summed E-state index contributed by atoms with van der Waals surface area (Å²) in [5.41, 5.74) is 2.53. The molecule has 1 aromatic carbocycles. The van der Waals surface area contributed by atoms with Crippen molar-refractivity contribution in [1.82, 2.24) is 25.0 Å². The minimum absolute atomic E-state index is 0.123. The van der Waals surface area contributed by atoms with Crippen LogP contribution in [0.3, 0.4) is 0 Å². The number of amides is 1. The molecule has 1 saturated heterocycles. The SMILES string of the molecule is CCN1CCN(C(=O)c2nnc3ccc(C)cc3n2)CC1. The number of fused-ring (bicyclic) bond motifs is 1. The lowest BCUT2D eigenvalue weighted by Gasteiger charge is -2.33. The first-order valence-electron chi connectivity index (χ1n) is 7.30. The molecule has 2 aromatic rings. The van der Waals surface area contributed by atoms with E-state index >= 15 is 0 Å². The number of benzene rings is 1. The molecule has 3 rings (SSSR count). The lowest BCUT2D eigenvalue weighted by molar-refractivity contribution is 0.0630. The van der Waals surface area contributed by atoms with Crippen LogP contribution in [-0.4, -0.2) is 63.6 Å². The van der Waals surface area contributed by atoms with Gasteiger partial charge in [-0.3, -0.25) is 4.79 Å². The zero-order valence-corrected chi connectivity index (χ0v) is 12.4. The largest absolute Gasteiger partial charge is 0.333 e. The fourth-order valence-electron chi connectivity index (χ4n) is 2.54. The van der Waals surface area contributed by atoms with Gasteiger partial charge in [-0.05, 0) is 31.2 Å². The Morgan fingerprint density at radius 1 is 1.14 bits per heavy atom. The normalized spacial score (nSPS) is 16.4. The molecule has 1 aliphatic rings. The van der Waals surface area contributed by atoms with Crippen molar-refractivity contribution in [2.24, 2.45) is 0 Å². The van der Waals surface area contributed by atoms with Gasteiger partial charge in [0, 0.05) is 26.2 Å². The van der Waals surface area contributed by atoms with E-state index in [1.165, 1.54) is 0 Å². The van der Waals surface area contributed by atoms with Gasteiger partial charge in [-0.1, -0.05) is 13.0 Å². The van der Waals surface area contributed by atoms with E-state index < -0.39 is 0 Å². The highest BCUT2D eigenvalue weighted by Gasteiger charge is 2.23. The molecule has 2 heterocycles. The Morgan fingerprint density at radius 2 is 1.90 bits per heavy atom. The molecule has 21 heavy (non-hydrogen) atoms. The number of carbonyl (C=O) groups is 1. The number of aromatic nitrogens is 3. The predicted molar refractivity (Wildman–Crippen MR) is 80.1 cm³/mol. The Labute approximate surface area is 123 Å². The second-order valence-electron chi connectivity index (χ2n) is 5.35. The predicted octanol–water partition coefficient (Wildman–Crippen LogP) is 1.11. The Bertz CT molecular complexity index is 664. The second kappa shape index (κ2) is 5.73. The summed E-state index contributed by atoms with van der Waals surface area (Å²) in [4.78, 5) is 21.0. The summed E-state index contributed by atoms with van der Waals surface area (Å²) in [6.07, 6.45) is 0. The molecular formula is C15H19N5O. The van der Waals surface area contributed by atoms with Crippen LogP contribution in [0.1, 0.15) is 23.1 Å². The number of likely N-dealkylation sites (N-methyl/N-ethyl adjacent to an activating group) is 1. The van der Waals surface area contributed by atoms with Crippen molar-refractivity contribution in [1.29, 1.82) is 0 Å². The highest BCUT2D eigenvalue weighted by atomic mass is 16.2. The zero-order chi connectivity index (χ0) is 14.8. The Morgan fingerprint density at radius 3 is 2.62 bits per heavy atom. The minimum Gasteiger partial charge on any atom is -0.333 e. The molecular weight excluding hydrogens is 266 g/mol. The molecule has 6 nitrogen and oxygen atoms in total. The molecule has 1 fully saturated rings. The summed E-state index contributed by atoms with van der Waals surface area (Å²) in [5, 5.41) is 8.08. The van der Waals surface area contributed by atoms with Crippen molar-refractivity contribution in [3.8, 4) is 0 Å². The first-order chi connectivity index (χ1) is 10.2. The van der Waals surface area contributed by atoms with Crippen LogP contribution in [0.15, 0.2) is 18.2 Å². The number of aryl methyl sites for hydroxylation is 1. The average Bonchev–Trinajstić information content (AvgIpc) is 2.53. The van der Waals surface area contributed by atoms with E-state index in [0.717, 1.165) is 43.8 Å². The van der Waals surface area contributed by atoms with Crippen molar-refractivity contribution in [3.05, 3.63) is 29.6 Å². The molecule has 0 atom stereocenters. The quantitative estimate of drug-likeness (QED) is 0.827. The van der Waals surface area contributed by atoms with Crippen LogP contribution in [0.25, 0.3) is 11.0 Å². The number of hydrogen-bond donors (Lipinski definition) is 0. The van der Waals surface area contributed by atoms with Gasteiger partial charge in [0.2, 0.25) is 5.82 Å². The third-order valence-corrected chi connectivity index (χ3v) is 3.91. The lowest BCUT2D eigenvalue weighted by Crippen LogP contribution is -2.48. The summed E-state index contributed by atoms with van der Waals surface area (Å²) in [5.74, 6) is 0.0692. The van der Waals surface area contributed by atoms with Crippen LogP contribution in [0, 0.1) is 6.92 Å². The van der Waals surface area contributed by atoms with E-state index in [2.05, 4.69) is 27.0 Å². The highest BCUT2D eigenvalue weighted by molar-refractivity contribution is 5.92. The summed E-state index contributed by atoms with van der Waals surface area (Å²) in [6.45, 7) is 8.41. The Kier molecular flexibility index (Phi) is 3.79. The second-order valence-corrected chi connectivity index (χ2v) is 5.35. The maximum absolute atomic E-state index is 12.5.